The Morgan fingerprint density at radius 2 is 2.24 bits per heavy atom. The molecule has 0 aromatic carbocycles. The highest BCUT2D eigenvalue weighted by Gasteiger charge is 2.41. The first-order chi connectivity index (χ1) is 10.1. The van der Waals surface area contributed by atoms with E-state index in [4.69, 9.17) is 0 Å². The molecule has 0 saturated carbocycles. The van der Waals surface area contributed by atoms with Gasteiger partial charge in [-0.05, 0) is 13.3 Å². The van der Waals surface area contributed by atoms with Gasteiger partial charge in [0.25, 0.3) is 0 Å². The Morgan fingerprint density at radius 1 is 1.43 bits per heavy atom. The monoisotopic (exact) mass is 309 g/mol. The first-order valence-electron chi connectivity index (χ1n) is 7.70. The van der Waals surface area contributed by atoms with Gasteiger partial charge in [-0.25, -0.2) is 0 Å². The van der Waals surface area contributed by atoms with Crippen LogP contribution in [-0.2, 0) is 11.3 Å². The van der Waals surface area contributed by atoms with E-state index in [1.807, 2.05) is 6.92 Å². The van der Waals surface area contributed by atoms with E-state index in [0.29, 0.717) is 5.92 Å². The molecule has 2 saturated heterocycles. The molecule has 0 radical (unpaired) electrons. The van der Waals surface area contributed by atoms with E-state index in [1.54, 1.807) is 11.3 Å². The summed E-state index contributed by atoms with van der Waals surface area (Å²) in [6.45, 7) is 8.50. The van der Waals surface area contributed by atoms with Crippen molar-refractivity contribution in [3.63, 3.8) is 0 Å². The Bertz CT molecular complexity index is 515. The van der Waals surface area contributed by atoms with Crippen molar-refractivity contribution in [2.75, 3.05) is 26.2 Å². The third-order valence-electron chi connectivity index (χ3n) is 4.53. The minimum absolute atomic E-state index is 0.142. The maximum Gasteiger partial charge on any atom is 0.240 e. The Labute approximate surface area is 129 Å². The van der Waals surface area contributed by atoms with Gasteiger partial charge in [-0.2, -0.15) is 0 Å². The van der Waals surface area contributed by atoms with Gasteiger partial charge in [-0.15, -0.1) is 10.2 Å². The molecule has 2 fully saturated rings. The summed E-state index contributed by atoms with van der Waals surface area (Å²) in [6.07, 6.45) is 1.87. The van der Waals surface area contributed by atoms with Crippen molar-refractivity contribution >= 4 is 17.2 Å². The van der Waals surface area contributed by atoms with Crippen LogP contribution in [0.15, 0.2) is 0 Å². The fraction of sp³-hybridized carbons (Fsp3) is 0.786. The molecule has 116 valence electrons. The lowest BCUT2D eigenvalue weighted by atomic mass is 9.91. The molecule has 2 N–H and O–H groups in total. The van der Waals surface area contributed by atoms with Gasteiger partial charge in [-0.1, -0.05) is 24.7 Å². The van der Waals surface area contributed by atoms with Crippen LogP contribution in [-0.4, -0.2) is 52.7 Å². The van der Waals surface area contributed by atoms with Crippen LogP contribution in [0, 0.1) is 0 Å². The normalized spacial score (nSPS) is 27.4. The van der Waals surface area contributed by atoms with E-state index in [1.165, 1.54) is 0 Å². The lowest BCUT2D eigenvalue weighted by Gasteiger charge is -2.43. The number of hydrogen-bond acceptors (Lipinski definition) is 6. The third-order valence-corrected chi connectivity index (χ3v) is 5.60. The molecule has 3 rings (SSSR count). The fourth-order valence-corrected chi connectivity index (χ4v) is 3.98. The molecule has 1 atom stereocenters. The zero-order chi connectivity index (χ0) is 14.9. The predicted octanol–water partition coefficient (Wildman–Crippen LogP) is 0.715. The van der Waals surface area contributed by atoms with Crippen LogP contribution >= 0.6 is 11.3 Å². The lowest BCUT2D eigenvalue weighted by Crippen LogP contribution is -2.62. The number of rotatable bonds is 5. The smallest absolute Gasteiger partial charge is 0.240 e. The average Bonchev–Trinajstić information content (AvgIpc) is 2.82. The topological polar surface area (TPSA) is 70.2 Å². The van der Waals surface area contributed by atoms with Crippen molar-refractivity contribution in [2.24, 2.45) is 0 Å². The molecule has 7 heteroatoms. The Kier molecular flexibility index (Phi) is 4.24. The summed E-state index contributed by atoms with van der Waals surface area (Å²) in [5.74, 6) is 0.673. The second kappa shape index (κ2) is 5.98. The Balaban J connectivity index is 1.72. The fourth-order valence-electron chi connectivity index (χ4n) is 3.02. The number of carbonyl (C=O) groups is 1. The average molecular weight is 309 g/mol. The van der Waals surface area contributed by atoms with Crippen molar-refractivity contribution in [3.8, 4) is 0 Å². The summed E-state index contributed by atoms with van der Waals surface area (Å²) in [4.78, 5) is 14.5. The van der Waals surface area contributed by atoms with E-state index in [2.05, 4.69) is 32.7 Å². The first-order valence-corrected chi connectivity index (χ1v) is 8.51. The quantitative estimate of drug-likeness (QED) is 0.838. The van der Waals surface area contributed by atoms with Gasteiger partial charge in [-0.3, -0.25) is 9.69 Å². The maximum absolute atomic E-state index is 12.3. The molecule has 1 unspecified atom stereocenters. The number of hydrogen-bond donors (Lipinski definition) is 2. The highest BCUT2D eigenvalue weighted by molar-refractivity contribution is 7.11. The molecule has 3 heterocycles. The maximum atomic E-state index is 12.3. The summed E-state index contributed by atoms with van der Waals surface area (Å²) >= 11 is 1.69. The zero-order valence-corrected chi connectivity index (χ0v) is 13.5. The number of nitrogens with one attached hydrogen (secondary N) is 2. The van der Waals surface area contributed by atoms with E-state index >= 15 is 0 Å². The van der Waals surface area contributed by atoms with Gasteiger partial charge in [0.15, 0.2) is 0 Å². The van der Waals surface area contributed by atoms with E-state index in [-0.39, 0.29) is 5.91 Å². The number of piperazine rings is 1. The number of carbonyl (C=O) groups excluding carboxylic acids is 1. The second-order valence-corrected chi connectivity index (χ2v) is 7.18. The summed E-state index contributed by atoms with van der Waals surface area (Å²) in [7, 11) is 0. The highest BCUT2D eigenvalue weighted by atomic mass is 32.1. The van der Waals surface area contributed by atoms with Crippen molar-refractivity contribution in [1.82, 2.24) is 25.7 Å². The van der Waals surface area contributed by atoms with Crippen LogP contribution in [0.3, 0.4) is 0 Å². The lowest BCUT2D eigenvalue weighted by molar-refractivity contribution is -0.137. The molecule has 0 aliphatic carbocycles. The first kappa shape index (κ1) is 14.9. The molecule has 2 aliphatic rings. The molecule has 2 aliphatic heterocycles. The molecule has 0 bridgehead atoms. The summed E-state index contributed by atoms with van der Waals surface area (Å²) in [5, 5.41) is 17.1. The Hall–Kier alpha value is -1.05. The van der Waals surface area contributed by atoms with Crippen molar-refractivity contribution in [3.05, 3.63) is 10.0 Å². The van der Waals surface area contributed by atoms with Crippen molar-refractivity contribution in [2.45, 2.75) is 44.7 Å². The van der Waals surface area contributed by atoms with Gasteiger partial charge in [0.1, 0.15) is 10.0 Å². The molecular formula is C14H23N5OS. The molecule has 1 aromatic rings. The highest BCUT2D eigenvalue weighted by Crippen LogP contribution is 2.29. The van der Waals surface area contributed by atoms with Crippen LogP contribution in [0.4, 0.5) is 0 Å². The van der Waals surface area contributed by atoms with Gasteiger partial charge in [0, 0.05) is 32.1 Å². The predicted molar refractivity (Wildman–Crippen MR) is 82.3 cm³/mol. The minimum Gasteiger partial charge on any atom is -0.353 e. The molecular weight excluding hydrogens is 286 g/mol. The number of amides is 1. The molecule has 6 nitrogen and oxygen atoms in total. The van der Waals surface area contributed by atoms with Crippen LogP contribution in [0.25, 0.3) is 0 Å². The van der Waals surface area contributed by atoms with Gasteiger partial charge >= 0.3 is 0 Å². The summed E-state index contributed by atoms with van der Waals surface area (Å²) < 4.78 is 0. The van der Waals surface area contributed by atoms with Crippen molar-refractivity contribution in [1.29, 1.82) is 0 Å². The minimum atomic E-state index is -0.420. The largest absolute Gasteiger partial charge is 0.353 e. The van der Waals surface area contributed by atoms with Crippen LogP contribution in [0.5, 0.6) is 0 Å². The van der Waals surface area contributed by atoms with Crippen LogP contribution in [0.1, 0.15) is 42.6 Å². The van der Waals surface area contributed by atoms with E-state index in [0.717, 1.165) is 55.6 Å². The van der Waals surface area contributed by atoms with Crippen molar-refractivity contribution < 1.29 is 4.79 Å². The molecule has 0 spiro atoms. The third kappa shape index (κ3) is 2.82. The summed E-state index contributed by atoms with van der Waals surface area (Å²) in [5.41, 5.74) is -0.420. The number of nitrogens with zero attached hydrogens (tertiary/aromatic N) is 3. The Morgan fingerprint density at radius 3 is 2.90 bits per heavy atom. The zero-order valence-electron chi connectivity index (χ0n) is 12.7. The standard InChI is InChI=1S/C14H23N5OS/c1-3-4-14(2)13(20)16-5-6-19(14)9-11-17-18-12(21-11)10-7-15-8-10/h10,15H,3-9H2,1-2H3,(H,16,20). The van der Waals surface area contributed by atoms with E-state index < -0.39 is 5.54 Å². The SMILES string of the molecule is CCCC1(C)C(=O)NCCN1Cc1nnc(C2CNC2)s1. The number of aromatic nitrogens is 2. The van der Waals surface area contributed by atoms with Gasteiger partial charge in [0.2, 0.25) is 5.91 Å². The van der Waals surface area contributed by atoms with E-state index in [9.17, 15) is 4.79 Å². The van der Waals surface area contributed by atoms with Crippen LogP contribution in [0.2, 0.25) is 0 Å². The second-order valence-electron chi connectivity index (χ2n) is 6.09. The van der Waals surface area contributed by atoms with Crippen LogP contribution < -0.4 is 10.6 Å². The molecule has 1 amide bonds. The van der Waals surface area contributed by atoms with Gasteiger partial charge in [0.05, 0.1) is 12.1 Å². The van der Waals surface area contributed by atoms with Gasteiger partial charge < -0.3 is 10.6 Å². The summed E-state index contributed by atoms with van der Waals surface area (Å²) in [6, 6.07) is 0. The molecule has 21 heavy (non-hydrogen) atoms. The molecule has 1 aromatic heterocycles.